The molecule has 3 atom stereocenters. The summed E-state index contributed by atoms with van der Waals surface area (Å²) in [5, 5.41) is 10.7. The minimum atomic E-state index is -0.582. The van der Waals surface area contributed by atoms with Crippen LogP contribution in [-0.4, -0.2) is 54.9 Å². The molecule has 2 fully saturated rings. The van der Waals surface area contributed by atoms with Gasteiger partial charge in [0.05, 0.1) is 25.9 Å². The van der Waals surface area contributed by atoms with Crippen molar-refractivity contribution in [2.24, 2.45) is 5.41 Å². The first-order valence-corrected chi connectivity index (χ1v) is 12.3. The van der Waals surface area contributed by atoms with E-state index in [4.69, 9.17) is 14.2 Å². The molecule has 184 valence electrons. The summed E-state index contributed by atoms with van der Waals surface area (Å²) in [6, 6.07) is 15.9. The van der Waals surface area contributed by atoms with Gasteiger partial charge in [-0.3, -0.25) is 4.79 Å². The lowest BCUT2D eigenvalue weighted by Gasteiger charge is -2.34. The number of hydrogen-bond acceptors (Lipinski definition) is 5. The van der Waals surface area contributed by atoms with Crippen molar-refractivity contribution in [2.75, 3.05) is 26.8 Å². The largest absolute Gasteiger partial charge is 0.493 e. The summed E-state index contributed by atoms with van der Waals surface area (Å²) in [4.78, 5) is 14.8. The highest BCUT2D eigenvalue weighted by molar-refractivity contribution is 5.78. The molecule has 0 aromatic heterocycles. The fraction of sp³-hybridized carbons (Fsp3) is 0.536. The van der Waals surface area contributed by atoms with Crippen molar-refractivity contribution in [1.29, 1.82) is 0 Å². The predicted octanol–water partition coefficient (Wildman–Crippen LogP) is 4.55. The number of hydrogen-bond donors (Lipinski definition) is 1. The molecular formula is C28H37NO5. The Kier molecular flexibility index (Phi) is 7.79. The Balaban J connectivity index is 1.48. The van der Waals surface area contributed by atoms with Crippen LogP contribution in [0.4, 0.5) is 0 Å². The van der Waals surface area contributed by atoms with Crippen LogP contribution in [0.3, 0.4) is 0 Å². The molecule has 6 heteroatoms. The Morgan fingerprint density at radius 1 is 1.15 bits per heavy atom. The van der Waals surface area contributed by atoms with Crippen molar-refractivity contribution >= 4 is 5.91 Å². The predicted molar refractivity (Wildman–Crippen MR) is 131 cm³/mol. The zero-order chi connectivity index (χ0) is 24.1. The molecule has 2 aliphatic rings. The number of carbonyl (C=O) groups is 1. The molecule has 4 rings (SSSR count). The molecule has 2 aromatic rings. The smallest absolute Gasteiger partial charge is 0.248 e. The molecule has 34 heavy (non-hydrogen) atoms. The number of carbonyl (C=O) groups excluding carboxylic acids is 1. The standard InChI is InChI=1S/C28H37NO5/c1-20(30)28(2)19-29(27(31)18-33-17-21-9-5-4-6-10-21)16-24(28)22-13-14-25(32-3)26(15-22)34-23-11-7-8-12-23/h4-6,9-10,13-15,20,23-24,30H,7-8,11-12,16-19H2,1-3H3/t20?,24-,28-/m0/s1. The van der Waals surface area contributed by atoms with Crippen LogP contribution in [0.5, 0.6) is 11.5 Å². The summed E-state index contributed by atoms with van der Waals surface area (Å²) in [5.41, 5.74) is 1.61. The van der Waals surface area contributed by atoms with E-state index < -0.39 is 11.5 Å². The van der Waals surface area contributed by atoms with Gasteiger partial charge in [0.15, 0.2) is 11.5 Å². The third-order valence-electron chi connectivity index (χ3n) is 7.56. The number of aliphatic hydroxyl groups is 1. The average Bonchev–Trinajstić information content (AvgIpc) is 3.48. The molecule has 2 aromatic carbocycles. The molecule has 1 amide bonds. The molecule has 0 bridgehead atoms. The van der Waals surface area contributed by atoms with Gasteiger partial charge in [0.25, 0.3) is 0 Å². The van der Waals surface area contributed by atoms with Gasteiger partial charge < -0.3 is 24.2 Å². The Labute approximate surface area is 202 Å². The number of nitrogens with zero attached hydrogens (tertiary/aromatic N) is 1. The minimum absolute atomic E-state index is 0.0240. The van der Waals surface area contributed by atoms with Crippen molar-refractivity contribution in [2.45, 2.75) is 64.3 Å². The molecule has 0 spiro atoms. The van der Waals surface area contributed by atoms with E-state index >= 15 is 0 Å². The van der Waals surface area contributed by atoms with Gasteiger partial charge in [0, 0.05) is 24.4 Å². The summed E-state index contributed by atoms with van der Waals surface area (Å²) in [6.45, 7) is 5.31. The fourth-order valence-electron chi connectivity index (χ4n) is 5.22. The first-order valence-electron chi connectivity index (χ1n) is 12.3. The van der Waals surface area contributed by atoms with E-state index in [-0.39, 0.29) is 24.5 Å². The van der Waals surface area contributed by atoms with Gasteiger partial charge in [-0.05, 0) is 55.9 Å². The minimum Gasteiger partial charge on any atom is -0.493 e. The molecular weight excluding hydrogens is 430 g/mol. The molecule has 6 nitrogen and oxygen atoms in total. The SMILES string of the molecule is COc1ccc([C@@H]2CN(C(=O)COCc3ccccc3)C[C@@]2(C)C(C)O)cc1OC1CCCC1. The van der Waals surface area contributed by atoms with Crippen LogP contribution >= 0.6 is 0 Å². The normalized spacial score (nSPS) is 23.8. The van der Waals surface area contributed by atoms with Gasteiger partial charge in [-0.2, -0.15) is 0 Å². The number of rotatable bonds is 9. The molecule has 1 saturated carbocycles. The van der Waals surface area contributed by atoms with E-state index in [2.05, 4.69) is 6.92 Å². The molecule has 1 unspecified atom stereocenters. The third kappa shape index (κ3) is 5.39. The lowest BCUT2D eigenvalue weighted by molar-refractivity contribution is -0.136. The van der Waals surface area contributed by atoms with E-state index in [0.29, 0.717) is 19.7 Å². The number of methoxy groups -OCH3 is 1. The summed E-state index contributed by atoms with van der Waals surface area (Å²) >= 11 is 0. The van der Waals surface area contributed by atoms with Crippen LogP contribution < -0.4 is 9.47 Å². The Morgan fingerprint density at radius 2 is 1.88 bits per heavy atom. The van der Waals surface area contributed by atoms with Crippen LogP contribution in [0.2, 0.25) is 0 Å². The van der Waals surface area contributed by atoms with Crippen molar-refractivity contribution in [1.82, 2.24) is 4.90 Å². The number of likely N-dealkylation sites (tertiary alicyclic amines) is 1. The maximum Gasteiger partial charge on any atom is 0.248 e. The zero-order valence-corrected chi connectivity index (χ0v) is 20.5. The molecule has 1 aliphatic carbocycles. The first kappa shape index (κ1) is 24.6. The molecule has 1 saturated heterocycles. The van der Waals surface area contributed by atoms with Crippen molar-refractivity contribution in [3.8, 4) is 11.5 Å². The summed E-state index contributed by atoms with van der Waals surface area (Å²) in [7, 11) is 1.65. The number of aliphatic hydroxyl groups excluding tert-OH is 1. The number of amides is 1. The molecule has 1 heterocycles. The van der Waals surface area contributed by atoms with E-state index in [9.17, 15) is 9.90 Å². The summed E-state index contributed by atoms with van der Waals surface area (Å²) in [5.74, 6) is 1.38. The lowest BCUT2D eigenvalue weighted by Crippen LogP contribution is -2.38. The van der Waals surface area contributed by atoms with Gasteiger partial charge in [-0.15, -0.1) is 0 Å². The van der Waals surface area contributed by atoms with Gasteiger partial charge in [0.1, 0.15) is 6.61 Å². The number of ether oxygens (including phenoxy) is 3. The van der Waals surface area contributed by atoms with Gasteiger partial charge in [0.2, 0.25) is 5.91 Å². The van der Waals surface area contributed by atoms with Crippen molar-refractivity contribution < 1.29 is 24.1 Å². The number of benzene rings is 2. The monoisotopic (exact) mass is 467 g/mol. The first-order chi connectivity index (χ1) is 16.4. The summed E-state index contributed by atoms with van der Waals surface area (Å²) < 4.78 is 17.6. The highest BCUT2D eigenvalue weighted by Crippen LogP contribution is 2.47. The highest BCUT2D eigenvalue weighted by Gasteiger charge is 2.48. The second kappa shape index (κ2) is 10.8. The van der Waals surface area contributed by atoms with Gasteiger partial charge in [-0.25, -0.2) is 0 Å². The van der Waals surface area contributed by atoms with Gasteiger partial charge >= 0.3 is 0 Å². The van der Waals surface area contributed by atoms with Crippen molar-refractivity contribution in [3.05, 3.63) is 59.7 Å². The fourth-order valence-corrected chi connectivity index (χ4v) is 5.22. The molecule has 0 radical (unpaired) electrons. The van der Waals surface area contributed by atoms with Crippen molar-refractivity contribution in [3.63, 3.8) is 0 Å². The maximum atomic E-state index is 13.0. The van der Waals surface area contributed by atoms with Crippen LogP contribution in [0.1, 0.15) is 56.6 Å². The quantitative estimate of drug-likeness (QED) is 0.586. The van der Waals surface area contributed by atoms with E-state index in [0.717, 1.165) is 35.5 Å². The Bertz CT molecular complexity index is 957. The van der Waals surface area contributed by atoms with Crippen LogP contribution in [0.25, 0.3) is 0 Å². The Morgan fingerprint density at radius 3 is 2.56 bits per heavy atom. The van der Waals surface area contributed by atoms with Gasteiger partial charge in [-0.1, -0.05) is 43.3 Å². The molecule has 1 N–H and O–H groups in total. The summed E-state index contributed by atoms with van der Waals surface area (Å²) in [6.07, 6.45) is 4.15. The maximum absolute atomic E-state index is 13.0. The second-order valence-electron chi connectivity index (χ2n) is 9.92. The van der Waals surface area contributed by atoms with Crippen LogP contribution in [0, 0.1) is 5.41 Å². The average molecular weight is 468 g/mol. The van der Waals surface area contributed by atoms with E-state index in [1.807, 2.05) is 60.4 Å². The molecule has 1 aliphatic heterocycles. The highest BCUT2D eigenvalue weighted by atomic mass is 16.5. The Hall–Kier alpha value is -2.57. The van der Waals surface area contributed by atoms with Crippen LogP contribution in [-0.2, 0) is 16.1 Å². The topological polar surface area (TPSA) is 68.2 Å². The van der Waals surface area contributed by atoms with E-state index in [1.165, 1.54) is 12.8 Å². The lowest BCUT2D eigenvalue weighted by atomic mass is 9.72. The van der Waals surface area contributed by atoms with E-state index in [1.54, 1.807) is 7.11 Å². The second-order valence-corrected chi connectivity index (χ2v) is 9.92. The zero-order valence-electron chi connectivity index (χ0n) is 20.5. The third-order valence-corrected chi connectivity index (χ3v) is 7.56. The van der Waals surface area contributed by atoms with Crippen LogP contribution in [0.15, 0.2) is 48.5 Å².